The quantitative estimate of drug-likeness (QED) is 0.835. The molecule has 0 unspecified atom stereocenters. The van der Waals surface area contributed by atoms with E-state index in [1.54, 1.807) is 4.90 Å². The summed E-state index contributed by atoms with van der Waals surface area (Å²) in [6, 6.07) is 7.81. The second-order valence-electron chi connectivity index (χ2n) is 7.39. The molecule has 1 heterocycles. The van der Waals surface area contributed by atoms with Crippen molar-refractivity contribution in [2.75, 3.05) is 13.2 Å². The maximum absolute atomic E-state index is 13.0. The molecular weight excluding hydrogens is 328 g/mol. The van der Waals surface area contributed by atoms with Crippen molar-refractivity contribution in [3.05, 3.63) is 45.7 Å². The Morgan fingerprint density at radius 3 is 2.73 bits per heavy atom. The molecule has 1 aromatic heterocycles. The summed E-state index contributed by atoms with van der Waals surface area (Å²) in [4.78, 5) is 30.1. The maximum Gasteiger partial charge on any atom is 0.253 e. The standard InChI is InChI=1S/C21H28N2O3/c1-15-8-9-19-17(12-15)13-18(20(25)22-19)14-23(10-5-11-24)21(26)16-6-3-2-4-7-16/h8-9,12-13,16,24H,2-7,10-11,14H2,1H3,(H,22,25). The number of hydrogen-bond donors (Lipinski definition) is 2. The second kappa shape index (κ2) is 8.49. The third-order valence-corrected chi connectivity index (χ3v) is 5.29. The van der Waals surface area contributed by atoms with E-state index in [0.717, 1.165) is 42.1 Å². The number of nitrogens with one attached hydrogen (secondary N) is 1. The zero-order chi connectivity index (χ0) is 18.5. The SMILES string of the molecule is Cc1ccc2[nH]c(=O)c(CN(CCCO)C(=O)C3CCCCC3)cc2c1. The van der Waals surface area contributed by atoms with Crippen molar-refractivity contribution >= 4 is 16.8 Å². The van der Waals surface area contributed by atoms with Gasteiger partial charge >= 0.3 is 0 Å². The fourth-order valence-corrected chi connectivity index (χ4v) is 3.83. The monoisotopic (exact) mass is 356 g/mol. The summed E-state index contributed by atoms with van der Waals surface area (Å²) in [6.45, 7) is 2.85. The van der Waals surface area contributed by atoms with Gasteiger partial charge in [-0.2, -0.15) is 0 Å². The van der Waals surface area contributed by atoms with Crippen molar-refractivity contribution in [1.29, 1.82) is 0 Å². The molecule has 1 fully saturated rings. The van der Waals surface area contributed by atoms with E-state index in [1.807, 2.05) is 31.2 Å². The highest BCUT2D eigenvalue weighted by atomic mass is 16.3. The van der Waals surface area contributed by atoms with Gasteiger partial charge in [0.25, 0.3) is 5.56 Å². The largest absolute Gasteiger partial charge is 0.396 e. The number of carbonyl (C=O) groups is 1. The molecule has 5 heteroatoms. The zero-order valence-electron chi connectivity index (χ0n) is 15.5. The molecule has 1 aliphatic carbocycles. The van der Waals surface area contributed by atoms with Crippen LogP contribution in [0.2, 0.25) is 0 Å². The molecule has 1 amide bonds. The Morgan fingerprint density at radius 2 is 2.00 bits per heavy atom. The molecule has 2 N–H and O–H groups in total. The third-order valence-electron chi connectivity index (χ3n) is 5.29. The van der Waals surface area contributed by atoms with Gasteiger partial charge in [0.2, 0.25) is 5.91 Å². The number of aryl methyl sites for hydroxylation is 1. The lowest BCUT2D eigenvalue weighted by Gasteiger charge is -2.29. The van der Waals surface area contributed by atoms with E-state index in [0.29, 0.717) is 25.1 Å². The van der Waals surface area contributed by atoms with E-state index < -0.39 is 0 Å². The number of rotatable bonds is 6. The van der Waals surface area contributed by atoms with Crippen LogP contribution >= 0.6 is 0 Å². The van der Waals surface area contributed by atoms with Gasteiger partial charge in [0, 0.05) is 30.1 Å². The van der Waals surface area contributed by atoms with Gasteiger partial charge in [0.05, 0.1) is 6.54 Å². The zero-order valence-corrected chi connectivity index (χ0v) is 15.5. The molecule has 0 radical (unpaired) electrons. The molecular formula is C21H28N2O3. The van der Waals surface area contributed by atoms with E-state index in [2.05, 4.69) is 4.98 Å². The highest BCUT2D eigenvalue weighted by molar-refractivity contribution is 5.81. The molecule has 0 atom stereocenters. The number of fused-ring (bicyclic) bond motifs is 1. The number of amides is 1. The van der Waals surface area contributed by atoms with Crippen molar-refractivity contribution in [2.45, 2.75) is 52.0 Å². The fourth-order valence-electron chi connectivity index (χ4n) is 3.83. The molecule has 0 saturated heterocycles. The van der Waals surface area contributed by atoms with Gasteiger partial charge in [-0.15, -0.1) is 0 Å². The van der Waals surface area contributed by atoms with Crippen LogP contribution in [-0.4, -0.2) is 34.0 Å². The molecule has 1 saturated carbocycles. The van der Waals surface area contributed by atoms with E-state index in [9.17, 15) is 14.7 Å². The van der Waals surface area contributed by atoms with Crippen molar-refractivity contribution in [2.24, 2.45) is 5.92 Å². The number of aliphatic hydroxyl groups excluding tert-OH is 1. The molecule has 26 heavy (non-hydrogen) atoms. The van der Waals surface area contributed by atoms with E-state index in [1.165, 1.54) is 6.42 Å². The molecule has 1 aromatic carbocycles. The van der Waals surface area contributed by atoms with Crippen LogP contribution in [0.3, 0.4) is 0 Å². The molecule has 140 valence electrons. The first-order chi connectivity index (χ1) is 12.6. The average molecular weight is 356 g/mol. The highest BCUT2D eigenvalue weighted by Gasteiger charge is 2.26. The van der Waals surface area contributed by atoms with Crippen LogP contribution in [0.5, 0.6) is 0 Å². The smallest absolute Gasteiger partial charge is 0.253 e. The number of pyridine rings is 1. The van der Waals surface area contributed by atoms with Gasteiger partial charge in [-0.25, -0.2) is 0 Å². The molecule has 5 nitrogen and oxygen atoms in total. The van der Waals surface area contributed by atoms with E-state index in [4.69, 9.17) is 0 Å². The van der Waals surface area contributed by atoms with Crippen molar-refractivity contribution in [1.82, 2.24) is 9.88 Å². The molecule has 2 aromatic rings. The number of aliphatic hydroxyl groups is 1. The predicted octanol–water partition coefficient (Wildman–Crippen LogP) is 3.13. The Morgan fingerprint density at radius 1 is 1.23 bits per heavy atom. The Bertz CT molecular complexity index is 822. The summed E-state index contributed by atoms with van der Waals surface area (Å²) >= 11 is 0. The van der Waals surface area contributed by atoms with E-state index in [-0.39, 0.29) is 24.0 Å². The Balaban J connectivity index is 1.85. The van der Waals surface area contributed by atoms with Crippen LogP contribution in [-0.2, 0) is 11.3 Å². The minimum Gasteiger partial charge on any atom is -0.396 e. The Hall–Kier alpha value is -2.14. The minimum absolute atomic E-state index is 0.0434. The van der Waals surface area contributed by atoms with Gasteiger partial charge in [0.15, 0.2) is 0 Å². The molecule has 0 bridgehead atoms. The lowest BCUT2D eigenvalue weighted by molar-refractivity contribution is -0.137. The van der Waals surface area contributed by atoms with Crippen LogP contribution in [0.1, 0.15) is 49.7 Å². The maximum atomic E-state index is 13.0. The van der Waals surface area contributed by atoms with Crippen molar-refractivity contribution < 1.29 is 9.90 Å². The lowest BCUT2D eigenvalue weighted by Crippen LogP contribution is -2.38. The molecule has 0 spiro atoms. The topological polar surface area (TPSA) is 73.4 Å². The lowest BCUT2D eigenvalue weighted by atomic mass is 9.88. The summed E-state index contributed by atoms with van der Waals surface area (Å²) in [5.74, 6) is 0.186. The van der Waals surface area contributed by atoms with Crippen LogP contribution < -0.4 is 5.56 Å². The van der Waals surface area contributed by atoms with Crippen LogP contribution in [0.25, 0.3) is 10.9 Å². The van der Waals surface area contributed by atoms with Gasteiger partial charge in [-0.3, -0.25) is 9.59 Å². The number of benzene rings is 1. The summed E-state index contributed by atoms with van der Waals surface area (Å²) < 4.78 is 0. The van der Waals surface area contributed by atoms with Gasteiger partial charge < -0.3 is 15.0 Å². The summed E-state index contributed by atoms with van der Waals surface area (Å²) in [5, 5.41) is 10.2. The summed E-state index contributed by atoms with van der Waals surface area (Å²) in [7, 11) is 0. The van der Waals surface area contributed by atoms with Gasteiger partial charge in [0.1, 0.15) is 0 Å². The summed E-state index contributed by atoms with van der Waals surface area (Å²) in [6.07, 6.45) is 5.79. The van der Waals surface area contributed by atoms with Crippen LogP contribution in [0.4, 0.5) is 0 Å². The van der Waals surface area contributed by atoms with E-state index >= 15 is 0 Å². The van der Waals surface area contributed by atoms with Gasteiger partial charge in [-0.1, -0.05) is 30.9 Å². The second-order valence-corrected chi connectivity index (χ2v) is 7.39. The summed E-state index contributed by atoms with van der Waals surface area (Å²) in [5.41, 5.74) is 2.40. The average Bonchev–Trinajstić information content (AvgIpc) is 2.66. The first kappa shape index (κ1) is 18.6. The van der Waals surface area contributed by atoms with Crippen LogP contribution in [0, 0.1) is 12.8 Å². The van der Waals surface area contributed by atoms with Crippen molar-refractivity contribution in [3.63, 3.8) is 0 Å². The third kappa shape index (κ3) is 4.33. The van der Waals surface area contributed by atoms with Crippen LogP contribution in [0.15, 0.2) is 29.1 Å². The highest BCUT2D eigenvalue weighted by Crippen LogP contribution is 2.26. The normalized spacial score (nSPS) is 15.3. The first-order valence-electron chi connectivity index (χ1n) is 9.60. The van der Waals surface area contributed by atoms with Gasteiger partial charge in [-0.05, 0) is 49.8 Å². The molecule has 3 rings (SSSR count). The number of aromatic amines is 1. The molecule has 1 aliphatic rings. The first-order valence-corrected chi connectivity index (χ1v) is 9.60. The number of hydrogen-bond acceptors (Lipinski definition) is 3. The minimum atomic E-state index is -0.146. The number of nitrogens with zero attached hydrogens (tertiary/aromatic N) is 1. The van der Waals surface area contributed by atoms with Crippen molar-refractivity contribution in [3.8, 4) is 0 Å². The number of aromatic nitrogens is 1. The number of H-pyrrole nitrogens is 1. The predicted molar refractivity (Wildman–Crippen MR) is 103 cm³/mol. The molecule has 0 aliphatic heterocycles. The fraction of sp³-hybridized carbons (Fsp3) is 0.524. The Labute approximate surface area is 154 Å². The number of carbonyl (C=O) groups excluding carboxylic acids is 1. The Kier molecular flexibility index (Phi) is 6.09.